The first kappa shape index (κ1) is 16.2. The molecular formula is C20H19N3O3. The summed E-state index contributed by atoms with van der Waals surface area (Å²) in [5.41, 5.74) is 2.71. The minimum absolute atomic E-state index is 0.0651. The maximum absolute atomic E-state index is 12.5. The number of fused-ring (bicyclic) bond motifs is 1. The summed E-state index contributed by atoms with van der Waals surface area (Å²) in [4.78, 5) is 27.3. The van der Waals surface area contributed by atoms with Crippen LogP contribution >= 0.6 is 0 Å². The maximum atomic E-state index is 12.5. The van der Waals surface area contributed by atoms with Crippen molar-refractivity contribution in [1.82, 2.24) is 4.98 Å². The van der Waals surface area contributed by atoms with E-state index in [4.69, 9.17) is 4.74 Å². The van der Waals surface area contributed by atoms with Gasteiger partial charge in [0.1, 0.15) is 11.4 Å². The Hall–Kier alpha value is -3.28. The third-order valence-electron chi connectivity index (χ3n) is 4.43. The number of rotatable bonds is 5. The number of carbonyl (C=O) groups excluding carboxylic acids is 2. The van der Waals surface area contributed by atoms with Crippen molar-refractivity contribution >= 4 is 34.1 Å². The van der Waals surface area contributed by atoms with Crippen molar-refractivity contribution in [2.75, 3.05) is 17.7 Å². The predicted octanol–water partition coefficient (Wildman–Crippen LogP) is 3.78. The predicted molar refractivity (Wildman–Crippen MR) is 101 cm³/mol. The highest BCUT2D eigenvalue weighted by atomic mass is 16.5. The van der Waals surface area contributed by atoms with E-state index in [1.54, 1.807) is 37.4 Å². The standard InChI is InChI=1S/C20H19N3O3/c1-26-16-9-4-13-10-18(23-17(13)11-16)20(25)22-15-7-5-14(6-8-15)21-19(24)12-2-3-12/h4-12,23H,2-3H2,1H3,(H,21,24)(H,22,25). The van der Waals surface area contributed by atoms with Crippen LogP contribution in [-0.2, 0) is 4.79 Å². The third kappa shape index (κ3) is 3.39. The molecule has 1 aromatic heterocycles. The van der Waals surface area contributed by atoms with E-state index in [-0.39, 0.29) is 17.7 Å². The lowest BCUT2D eigenvalue weighted by atomic mass is 10.2. The number of carbonyl (C=O) groups is 2. The molecule has 6 nitrogen and oxygen atoms in total. The zero-order valence-electron chi connectivity index (χ0n) is 14.3. The molecule has 0 bridgehead atoms. The highest BCUT2D eigenvalue weighted by Gasteiger charge is 2.29. The molecule has 0 atom stereocenters. The molecule has 1 heterocycles. The van der Waals surface area contributed by atoms with Gasteiger partial charge in [0.2, 0.25) is 5.91 Å². The second-order valence-corrected chi connectivity index (χ2v) is 6.43. The quantitative estimate of drug-likeness (QED) is 0.655. The first-order valence-electron chi connectivity index (χ1n) is 8.51. The number of amides is 2. The second kappa shape index (κ2) is 6.55. The van der Waals surface area contributed by atoms with Crippen molar-refractivity contribution in [3.05, 3.63) is 54.2 Å². The molecule has 6 heteroatoms. The number of anilines is 2. The smallest absolute Gasteiger partial charge is 0.272 e. The topological polar surface area (TPSA) is 83.2 Å². The summed E-state index contributed by atoms with van der Waals surface area (Å²) in [5, 5.41) is 6.66. The molecule has 132 valence electrons. The Morgan fingerprint density at radius 2 is 1.69 bits per heavy atom. The average molecular weight is 349 g/mol. The summed E-state index contributed by atoms with van der Waals surface area (Å²) < 4.78 is 5.19. The zero-order chi connectivity index (χ0) is 18.1. The van der Waals surface area contributed by atoms with E-state index in [0.29, 0.717) is 11.4 Å². The Morgan fingerprint density at radius 3 is 2.35 bits per heavy atom. The number of hydrogen-bond acceptors (Lipinski definition) is 3. The second-order valence-electron chi connectivity index (χ2n) is 6.43. The first-order chi connectivity index (χ1) is 12.6. The number of benzene rings is 2. The van der Waals surface area contributed by atoms with Gasteiger partial charge in [0, 0.05) is 34.3 Å². The van der Waals surface area contributed by atoms with Crippen molar-refractivity contribution in [3.8, 4) is 5.75 Å². The van der Waals surface area contributed by atoms with Crippen LogP contribution in [0, 0.1) is 5.92 Å². The van der Waals surface area contributed by atoms with Gasteiger partial charge in [-0.3, -0.25) is 9.59 Å². The summed E-state index contributed by atoms with van der Waals surface area (Å²) in [6, 6.07) is 14.5. The molecule has 26 heavy (non-hydrogen) atoms. The van der Waals surface area contributed by atoms with E-state index < -0.39 is 0 Å². The van der Waals surface area contributed by atoms with Gasteiger partial charge < -0.3 is 20.4 Å². The third-order valence-corrected chi connectivity index (χ3v) is 4.43. The molecule has 1 aliphatic rings. The summed E-state index contributed by atoms with van der Waals surface area (Å²) in [5.74, 6) is 0.732. The van der Waals surface area contributed by atoms with Crippen LogP contribution in [0.1, 0.15) is 23.3 Å². The average Bonchev–Trinajstić information content (AvgIpc) is 3.42. The fourth-order valence-corrected chi connectivity index (χ4v) is 2.78. The van der Waals surface area contributed by atoms with E-state index >= 15 is 0 Å². The van der Waals surface area contributed by atoms with Gasteiger partial charge in [-0.1, -0.05) is 0 Å². The molecular weight excluding hydrogens is 330 g/mol. The molecule has 0 spiro atoms. The Balaban J connectivity index is 1.44. The van der Waals surface area contributed by atoms with Gasteiger partial charge in [-0.05, 0) is 55.3 Å². The molecule has 0 radical (unpaired) electrons. The van der Waals surface area contributed by atoms with Crippen LogP contribution in [0.25, 0.3) is 10.9 Å². The fourth-order valence-electron chi connectivity index (χ4n) is 2.78. The Bertz CT molecular complexity index is 972. The molecule has 3 aromatic rings. The van der Waals surface area contributed by atoms with Crippen LogP contribution in [0.4, 0.5) is 11.4 Å². The van der Waals surface area contributed by atoms with Gasteiger partial charge in [-0.25, -0.2) is 0 Å². The number of aromatic amines is 1. The lowest BCUT2D eigenvalue weighted by Gasteiger charge is -2.07. The molecule has 4 rings (SSSR count). The van der Waals surface area contributed by atoms with E-state index in [2.05, 4.69) is 15.6 Å². The highest BCUT2D eigenvalue weighted by Crippen LogP contribution is 2.30. The molecule has 0 saturated heterocycles. The monoisotopic (exact) mass is 349 g/mol. The Morgan fingerprint density at radius 1 is 1.00 bits per heavy atom. The normalized spacial score (nSPS) is 13.4. The number of methoxy groups -OCH3 is 1. The number of H-pyrrole nitrogens is 1. The summed E-state index contributed by atoms with van der Waals surface area (Å²) in [6.07, 6.45) is 1.94. The van der Waals surface area contributed by atoms with Crippen LogP contribution in [0.5, 0.6) is 5.75 Å². The molecule has 2 amide bonds. The van der Waals surface area contributed by atoms with Gasteiger partial charge in [-0.2, -0.15) is 0 Å². The van der Waals surface area contributed by atoms with Gasteiger partial charge in [-0.15, -0.1) is 0 Å². The van der Waals surface area contributed by atoms with Crippen molar-refractivity contribution in [1.29, 1.82) is 0 Å². The number of hydrogen-bond donors (Lipinski definition) is 3. The minimum atomic E-state index is -0.227. The number of aromatic nitrogens is 1. The lowest BCUT2D eigenvalue weighted by molar-refractivity contribution is -0.117. The van der Waals surface area contributed by atoms with Crippen molar-refractivity contribution in [2.45, 2.75) is 12.8 Å². The van der Waals surface area contributed by atoms with Gasteiger partial charge in [0.15, 0.2) is 0 Å². The van der Waals surface area contributed by atoms with Crippen molar-refractivity contribution in [2.24, 2.45) is 5.92 Å². The van der Waals surface area contributed by atoms with Crippen molar-refractivity contribution < 1.29 is 14.3 Å². The van der Waals surface area contributed by atoms with Crippen molar-refractivity contribution in [3.63, 3.8) is 0 Å². The van der Waals surface area contributed by atoms with Crippen LogP contribution < -0.4 is 15.4 Å². The van der Waals surface area contributed by atoms with Gasteiger partial charge >= 0.3 is 0 Å². The summed E-state index contributed by atoms with van der Waals surface area (Å²) in [7, 11) is 1.61. The largest absolute Gasteiger partial charge is 0.497 e. The molecule has 1 aliphatic carbocycles. The molecule has 3 N–H and O–H groups in total. The maximum Gasteiger partial charge on any atom is 0.272 e. The van der Waals surface area contributed by atoms with Crippen LogP contribution in [-0.4, -0.2) is 23.9 Å². The molecule has 0 unspecified atom stereocenters. The highest BCUT2D eigenvalue weighted by molar-refractivity contribution is 6.06. The summed E-state index contributed by atoms with van der Waals surface area (Å²) in [6.45, 7) is 0. The number of nitrogens with one attached hydrogen (secondary N) is 3. The van der Waals surface area contributed by atoms with Crippen LogP contribution in [0.15, 0.2) is 48.5 Å². The molecule has 1 saturated carbocycles. The first-order valence-corrected chi connectivity index (χ1v) is 8.51. The lowest BCUT2D eigenvalue weighted by Crippen LogP contribution is -2.14. The van der Waals surface area contributed by atoms with Gasteiger partial charge in [0.25, 0.3) is 5.91 Å². The zero-order valence-corrected chi connectivity index (χ0v) is 14.3. The Labute approximate surface area is 150 Å². The minimum Gasteiger partial charge on any atom is -0.497 e. The molecule has 2 aromatic carbocycles. The molecule has 0 aliphatic heterocycles. The summed E-state index contributed by atoms with van der Waals surface area (Å²) >= 11 is 0. The van der Waals surface area contributed by atoms with E-state index in [1.165, 1.54) is 0 Å². The SMILES string of the molecule is COc1ccc2cc(C(=O)Nc3ccc(NC(=O)C4CC4)cc3)[nH]c2c1. The van der Waals surface area contributed by atoms with Crippen LogP contribution in [0.3, 0.4) is 0 Å². The van der Waals surface area contributed by atoms with E-state index in [1.807, 2.05) is 18.2 Å². The number of ether oxygens (including phenoxy) is 1. The molecule has 1 fully saturated rings. The van der Waals surface area contributed by atoms with Crippen LogP contribution in [0.2, 0.25) is 0 Å². The fraction of sp³-hybridized carbons (Fsp3) is 0.200. The van der Waals surface area contributed by atoms with Gasteiger partial charge in [0.05, 0.1) is 7.11 Å². The van der Waals surface area contributed by atoms with E-state index in [0.717, 1.165) is 35.2 Å². The Kier molecular flexibility index (Phi) is 4.08. The van der Waals surface area contributed by atoms with E-state index in [9.17, 15) is 9.59 Å².